The first-order chi connectivity index (χ1) is 13.8. The number of amides is 2. The second kappa shape index (κ2) is 10.6. The highest BCUT2D eigenvalue weighted by Crippen LogP contribution is 2.18. The molecule has 1 atom stereocenters. The lowest BCUT2D eigenvalue weighted by molar-refractivity contribution is -0.142. The molecule has 0 fully saturated rings. The standard InChI is InChI=1S/C24H32N2O3/c1-17(2)14-25-24(28)20(5)26(15-21-12-8-6-10-18(21)3)23(27)16-29-22-13-9-7-11-19(22)4/h6-13,17,20H,14-16H2,1-5H3,(H,25,28)/t20-/m0/s1. The van der Waals surface area contributed by atoms with E-state index in [0.717, 1.165) is 16.7 Å². The summed E-state index contributed by atoms with van der Waals surface area (Å²) in [6, 6.07) is 14.9. The van der Waals surface area contributed by atoms with Crippen LogP contribution in [0.1, 0.15) is 37.5 Å². The van der Waals surface area contributed by atoms with Crippen LogP contribution in [0, 0.1) is 19.8 Å². The van der Waals surface area contributed by atoms with Crippen LogP contribution in [0.25, 0.3) is 0 Å². The average molecular weight is 397 g/mol. The molecule has 0 aliphatic rings. The van der Waals surface area contributed by atoms with Crippen LogP contribution in [-0.4, -0.2) is 35.9 Å². The van der Waals surface area contributed by atoms with Gasteiger partial charge in [0.05, 0.1) is 0 Å². The normalized spacial score (nSPS) is 11.8. The van der Waals surface area contributed by atoms with Gasteiger partial charge in [-0.3, -0.25) is 9.59 Å². The van der Waals surface area contributed by atoms with Crippen molar-refractivity contribution in [3.63, 3.8) is 0 Å². The number of ether oxygens (including phenoxy) is 1. The maximum Gasteiger partial charge on any atom is 0.261 e. The van der Waals surface area contributed by atoms with Crippen molar-refractivity contribution in [3.8, 4) is 5.75 Å². The number of rotatable bonds is 9. The van der Waals surface area contributed by atoms with Gasteiger partial charge in [0, 0.05) is 13.1 Å². The Morgan fingerprint density at radius 1 is 0.966 bits per heavy atom. The highest BCUT2D eigenvalue weighted by Gasteiger charge is 2.27. The van der Waals surface area contributed by atoms with Crippen LogP contribution in [0.15, 0.2) is 48.5 Å². The molecular weight excluding hydrogens is 364 g/mol. The molecule has 0 radical (unpaired) electrons. The molecule has 0 spiro atoms. The van der Waals surface area contributed by atoms with Gasteiger partial charge in [0.2, 0.25) is 5.91 Å². The quantitative estimate of drug-likeness (QED) is 0.700. The SMILES string of the molecule is Cc1ccccc1CN(C(=O)COc1ccccc1C)[C@@H](C)C(=O)NCC(C)C. The van der Waals surface area contributed by atoms with E-state index in [0.29, 0.717) is 24.8 Å². The van der Waals surface area contributed by atoms with Gasteiger partial charge < -0.3 is 15.0 Å². The zero-order valence-electron chi connectivity index (χ0n) is 18.1. The van der Waals surface area contributed by atoms with Gasteiger partial charge in [-0.15, -0.1) is 0 Å². The topological polar surface area (TPSA) is 58.6 Å². The first-order valence-electron chi connectivity index (χ1n) is 10.1. The molecule has 0 aliphatic carbocycles. The monoisotopic (exact) mass is 396 g/mol. The van der Waals surface area contributed by atoms with Crippen LogP contribution < -0.4 is 10.1 Å². The Labute approximate surface area is 174 Å². The molecule has 2 aromatic rings. The Balaban J connectivity index is 2.16. The number of benzene rings is 2. The van der Waals surface area contributed by atoms with E-state index in [1.54, 1.807) is 11.8 Å². The van der Waals surface area contributed by atoms with E-state index < -0.39 is 6.04 Å². The predicted molar refractivity (Wildman–Crippen MR) is 116 cm³/mol. The molecule has 2 rings (SSSR count). The molecule has 5 heteroatoms. The lowest BCUT2D eigenvalue weighted by atomic mass is 10.1. The second-order valence-electron chi connectivity index (χ2n) is 7.82. The third kappa shape index (κ3) is 6.63. The second-order valence-corrected chi connectivity index (χ2v) is 7.82. The molecule has 5 nitrogen and oxygen atoms in total. The van der Waals surface area contributed by atoms with Crippen molar-refractivity contribution >= 4 is 11.8 Å². The van der Waals surface area contributed by atoms with Gasteiger partial charge in [-0.1, -0.05) is 56.3 Å². The van der Waals surface area contributed by atoms with Crippen molar-refractivity contribution < 1.29 is 14.3 Å². The molecule has 0 saturated heterocycles. The molecular formula is C24H32N2O3. The number of hydrogen-bond acceptors (Lipinski definition) is 3. The number of aryl methyl sites for hydroxylation is 2. The zero-order valence-corrected chi connectivity index (χ0v) is 18.1. The number of para-hydroxylation sites is 1. The number of nitrogens with zero attached hydrogens (tertiary/aromatic N) is 1. The van der Waals surface area contributed by atoms with Gasteiger partial charge in [-0.05, 0) is 49.4 Å². The third-order valence-electron chi connectivity index (χ3n) is 4.90. The third-order valence-corrected chi connectivity index (χ3v) is 4.90. The molecule has 2 amide bonds. The molecule has 0 bridgehead atoms. The first kappa shape index (κ1) is 22.5. The summed E-state index contributed by atoms with van der Waals surface area (Å²) >= 11 is 0. The highest BCUT2D eigenvalue weighted by atomic mass is 16.5. The van der Waals surface area contributed by atoms with Gasteiger partial charge in [0.1, 0.15) is 11.8 Å². The smallest absolute Gasteiger partial charge is 0.261 e. The van der Waals surface area contributed by atoms with Gasteiger partial charge in [0.25, 0.3) is 5.91 Å². The fourth-order valence-corrected chi connectivity index (χ4v) is 2.95. The average Bonchev–Trinajstić information content (AvgIpc) is 2.70. The van der Waals surface area contributed by atoms with Crippen LogP contribution in [0.2, 0.25) is 0 Å². The van der Waals surface area contributed by atoms with E-state index in [-0.39, 0.29) is 18.4 Å². The van der Waals surface area contributed by atoms with Crippen LogP contribution >= 0.6 is 0 Å². The van der Waals surface area contributed by atoms with Crippen LogP contribution in [0.3, 0.4) is 0 Å². The Bertz CT molecular complexity index is 832. The Hall–Kier alpha value is -2.82. The predicted octanol–water partition coefficient (Wildman–Crippen LogP) is 3.87. The molecule has 0 heterocycles. The minimum Gasteiger partial charge on any atom is -0.484 e. The summed E-state index contributed by atoms with van der Waals surface area (Å²) in [7, 11) is 0. The molecule has 156 valence electrons. The largest absolute Gasteiger partial charge is 0.484 e. The fourth-order valence-electron chi connectivity index (χ4n) is 2.95. The molecule has 0 unspecified atom stereocenters. The number of carbonyl (C=O) groups is 2. The summed E-state index contributed by atoms with van der Waals surface area (Å²) in [6.45, 7) is 10.6. The van der Waals surface area contributed by atoms with Gasteiger partial charge in [-0.2, -0.15) is 0 Å². The molecule has 0 aliphatic heterocycles. The van der Waals surface area contributed by atoms with Crippen molar-refractivity contribution in [1.29, 1.82) is 0 Å². The minimum absolute atomic E-state index is 0.113. The van der Waals surface area contributed by atoms with E-state index in [1.807, 2.05) is 76.2 Å². The van der Waals surface area contributed by atoms with Gasteiger partial charge >= 0.3 is 0 Å². The highest BCUT2D eigenvalue weighted by molar-refractivity contribution is 5.88. The number of nitrogens with one attached hydrogen (secondary N) is 1. The van der Waals surface area contributed by atoms with E-state index in [1.165, 1.54) is 0 Å². The zero-order chi connectivity index (χ0) is 21.4. The van der Waals surface area contributed by atoms with Crippen LogP contribution in [0.5, 0.6) is 5.75 Å². The summed E-state index contributed by atoms with van der Waals surface area (Å²) in [5.41, 5.74) is 3.06. The maximum absolute atomic E-state index is 13.0. The molecule has 2 aromatic carbocycles. The van der Waals surface area contributed by atoms with E-state index in [4.69, 9.17) is 4.74 Å². The summed E-state index contributed by atoms with van der Waals surface area (Å²) in [6.07, 6.45) is 0. The minimum atomic E-state index is -0.596. The van der Waals surface area contributed by atoms with Crippen molar-refractivity contribution in [3.05, 3.63) is 65.2 Å². The Kier molecular flexibility index (Phi) is 8.25. The van der Waals surface area contributed by atoms with E-state index in [2.05, 4.69) is 5.32 Å². The van der Waals surface area contributed by atoms with Crippen molar-refractivity contribution in [2.75, 3.05) is 13.2 Å². The van der Waals surface area contributed by atoms with Crippen LogP contribution in [-0.2, 0) is 16.1 Å². The van der Waals surface area contributed by atoms with Crippen LogP contribution in [0.4, 0.5) is 0 Å². The first-order valence-corrected chi connectivity index (χ1v) is 10.1. The fraction of sp³-hybridized carbons (Fsp3) is 0.417. The lowest BCUT2D eigenvalue weighted by Crippen LogP contribution is -2.49. The summed E-state index contributed by atoms with van der Waals surface area (Å²) < 4.78 is 5.75. The summed E-state index contributed by atoms with van der Waals surface area (Å²) in [5, 5.41) is 2.93. The number of hydrogen-bond donors (Lipinski definition) is 1. The molecule has 0 aromatic heterocycles. The van der Waals surface area contributed by atoms with E-state index >= 15 is 0 Å². The van der Waals surface area contributed by atoms with Crippen molar-refractivity contribution in [2.24, 2.45) is 5.92 Å². The Morgan fingerprint density at radius 3 is 2.21 bits per heavy atom. The van der Waals surface area contributed by atoms with E-state index in [9.17, 15) is 9.59 Å². The van der Waals surface area contributed by atoms with Crippen molar-refractivity contribution in [1.82, 2.24) is 10.2 Å². The Morgan fingerprint density at radius 2 is 1.59 bits per heavy atom. The lowest BCUT2D eigenvalue weighted by Gasteiger charge is -2.29. The molecule has 0 saturated carbocycles. The summed E-state index contributed by atoms with van der Waals surface area (Å²) in [5.74, 6) is 0.643. The summed E-state index contributed by atoms with van der Waals surface area (Å²) in [4.78, 5) is 27.3. The van der Waals surface area contributed by atoms with Gasteiger partial charge in [-0.25, -0.2) is 0 Å². The molecule has 1 N–H and O–H groups in total. The number of carbonyl (C=O) groups excluding carboxylic acids is 2. The maximum atomic E-state index is 13.0. The van der Waals surface area contributed by atoms with Crippen molar-refractivity contribution in [2.45, 2.75) is 47.2 Å². The molecule has 29 heavy (non-hydrogen) atoms. The van der Waals surface area contributed by atoms with Gasteiger partial charge in [0.15, 0.2) is 6.61 Å².